The van der Waals surface area contributed by atoms with Gasteiger partial charge in [0.2, 0.25) is 0 Å². The van der Waals surface area contributed by atoms with E-state index in [2.05, 4.69) is 31.8 Å². The summed E-state index contributed by atoms with van der Waals surface area (Å²) in [5, 5.41) is 7.29. The highest BCUT2D eigenvalue weighted by Gasteiger charge is 2.13. The first-order valence-corrected chi connectivity index (χ1v) is 8.90. The summed E-state index contributed by atoms with van der Waals surface area (Å²) in [5.74, 6) is 1.14. The van der Waals surface area contributed by atoms with Crippen molar-refractivity contribution >= 4 is 28.1 Å². The number of nitrogens with one attached hydrogen (secondary N) is 2. The Labute approximate surface area is 151 Å². The van der Waals surface area contributed by atoms with E-state index in [0.29, 0.717) is 17.5 Å². The van der Waals surface area contributed by atoms with Gasteiger partial charge in [0, 0.05) is 17.7 Å². The molecule has 1 amide bonds. The standard InChI is InChI=1S/C17H24BrN3O3/c1-23-15-9-16(24-2)14(18)8-12(15)10-20-21-17(22)11-19-13-6-4-3-5-7-13/h8-10,13,19H,3-7,11H2,1-2H3,(H,21,22)/b20-10-. The maximum absolute atomic E-state index is 11.8. The predicted molar refractivity (Wildman–Crippen MR) is 97.9 cm³/mol. The van der Waals surface area contributed by atoms with Gasteiger partial charge in [-0.1, -0.05) is 19.3 Å². The molecule has 1 aliphatic carbocycles. The van der Waals surface area contributed by atoms with Crippen molar-refractivity contribution in [1.82, 2.24) is 10.7 Å². The summed E-state index contributed by atoms with van der Waals surface area (Å²) >= 11 is 3.42. The number of carbonyl (C=O) groups excluding carboxylic acids is 1. The number of methoxy groups -OCH3 is 2. The first-order chi connectivity index (χ1) is 11.6. The van der Waals surface area contributed by atoms with Gasteiger partial charge in [-0.15, -0.1) is 0 Å². The van der Waals surface area contributed by atoms with E-state index in [0.717, 1.165) is 22.9 Å². The number of ether oxygens (including phenoxy) is 2. The van der Waals surface area contributed by atoms with Crippen molar-refractivity contribution in [3.8, 4) is 11.5 Å². The number of rotatable bonds is 7. The molecule has 7 heteroatoms. The number of halogens is 1. The molecule has 0 bridgehead atoms. The highest BCUT2D eigenvalue weighted by Crippen LogP contribution is 2.31. The molecule has 24 heavy (non-hydrogen) atoms. The number of nitrogens with zero attached hydrogens (tertiary/aromatic N) is 1. The van der Waals surface area contributed by atoms with E-state index in [4.69, 9.17) is 9.47 Å². The number of amides is 1. The van der Waals surface area contributed by atoms with Crippen LogP contribution >= 0.6 is 15.9 Å². The average molecular weight is 398 g/mol. The van der Waals surface area contributed by atoms with Gasteiger partial charge in [-0.3, -0.25) is 4.79 Å². The smallest absolute Gasteiger partial charge is 0.254 e. The van der Waals surface area contributed by atoms with E-state index < -0.39 is 0 Å². The van der Waals surface area contributed by atoms with Crippen LogP contribution in [0.3, 0.4) is 0 Å². The lowest BCUT2D eigenvalue weighted by molar-refractivity contribution is -0.120. The van der Waals surface area contributed by atoms with Crippen molar-refractivity contribution in [2.75, 3.05) is 20.8 Å². The number of benzene rings is 1. The minimum absolute atomic E-state index is 0.150. The summed E-state index contributed by atoms with van der Waals surface area (Å²) in [7, 11) is 3.17. The Kier molecular flexibility index (Phi) is 7.52. The average Bonchev–Trinajstić information content (AvgIpc) is 2.61. The Bertz CT molecular complexity index is 587. The molecule has 0 spiro atoms. The zero-order valence-corrected chi connectivity index (χ0v) is 15.7. The van der Waals surface area contributed by atoms with E-state index >= 15 is 0 Å². The van der Waals surface area contributed by atoms with Gasteiger partial charge in [0.05, 0.1) is 31.5 Å². The Hall–Kier alpha value is -1.60. The van der Waals surface area contributed by atoms with Gasteiger partial charge in [-0.05, 0) is 34.8 Å². The lowest BCUT2D eigenvalue weighted by Crippen LogP contribution is -2.38. The van der Waals surface area contributed by atoms with Gasteiger partial charge < -0.3 is 14.8 Å². The molecule has 2 N–H and O–H groups in total. The van der Waals surface area contributed by atoms with Gasteiger partial charge in [-0.25, -0.2) is 5.43 Å². The first-order valence-electron chi connectivity index (χ1n) is 8.11. The van der Waals surface area contributed by atoms with Crippen LogP contribution in [0.4, 0.5) is 0 Å². The van der Waals surface area contributed by atoms with Gasteiger partial charge in [0.25, 0.3) is 5.91 Å². The molecule has 2 rings (SSSR count). The molecule has 0 aliphatic heterocycles. The van der Waals surface area contributed by atoms with E-state index in [1.54, 1.807) is 26.5 Å². The highest BCUT2D eigenvalue weighted by molar-refractivity contribution is 9.10. The molecule has 0 unspecified atom stereocenters. The highest BCUT2D eigenvalue weighted by atomic mass is 79.9. The number of hydrogen-bond acceptors (Lipinski definition) is 5. The van der Waals surface area contributed by atoms with Crippen LogP contribution in [0.1, 0.15) is 37.7 Å². The minimum Gasteiger partial charge on any atom is -0.496 e. The number of hydrogen-bond donors (Lipinski definition) is 2. The molecule has 1 saturated carbocycles. The fourth-order valence-electron chi connectivity index (χ4n) is 2.74. The summed E-state index contributed by atoms with van der Waals surface area (Å²) in [6.07, 6.45) is 7.63. The second-order valence-corrected chi connectivity index (χ2v) is 6.59. The summed E-state index contributed by atoms with van der Waals surface area (Å²) in [5.41, 5.74) is 3.28. The van der Waals surface area contributed by atoms with Crippen molar-refractivity contribution in [1.29, 1.82) is 0 Å². The monoisotopic (exact) mass is 397 g/mol. The van der Waals surface area contributed by atoms with Crippen molar-refractivity contribution < 1.29 is 14.3 Å². The van der Waals surface area contributed by atoms with E-state index in [1.165, 1.54) is 19.3 Å². The van der Waals surface area contributed by atoms with Crippen LogP contribution in [0.15, 0.2) is 21.7 Å². The van der Waals surface area contributed by atoms with Crippen molar-refractivity contribution in [3.05, 3.63) is 22.2 Å². The largest absolute Gasteiger partial charge is 0.496 e. The Morgan fingerprint density at radius 1 is 1.25 bits per heavy atom. The quantitative estimate of drug-likeness (QED) is 0.547. The maximum atomic E-state index is 11.8. The van der Waals surface area contributed by atoms with Gasteiger partial charge in [-0.2, -0.15) is 5.10 Å². The lowest BCUT2D eigenvalue weighted by Gasteiger charge is -2.22. The molecule has 0 saturated heterocycles. The number of hydrazone groups is 1. The molecule has 0 heterocycles. The molecule has 1 aromatic carbocycles. The maximum Gasteiger partial charge on any atom is 0.254 e. The van der Waals surface area contributed by atoms with Gasteiger partial charge in [0.1, 0.15) is 11.5 Å². The molecule has 1 fully saturated rings. The molecule has 6 nitrogen and oxygen atoms in total. The van der Waals surface area contributed by atoms with Crippen LogP contribution < -0.4 is 20.2 Å². The van der Waals surface area contributed by atoms with Crippen LogP contribution in [0.5, 0.6) is 11.5 Å². The second kappa shape index (κ2) is 9.64. The Morgan fingerprint density at radius 2 is 1.96 bits per heavy atom. The Morgan fingerprint density at radius 3 is 2.62 bits per heavy atom. The lowest BCUT2D eigenvalue weighted by atomic mass is 9.95. The molecule has 0 atom stereocenters. The van der Waals surface area contributed by atoms with Crippen molar-refractivity contribution in [3.63, 3.8) is 0 Å². The van der Waals surface area contributed by atoms with Crippen LogP contribution in [-0.2, 0) is 4.79 Å². The minimum atomic E-state index is -0.150. The normalized spacial score (nSPS) is 15.5. The third-order valence-electron chi connectivity index (χ3n) is 4.05. The van der Waals surface area contributed by atoms with Crippen LogP contribution in [0.25, 0.3) is 0 Å². The third kappa shape index (κ3) is 5.49. The summed E-state index contributed by atoms with van der Waals surface area (Å²) in [4.78, 5) is 11.8. The molecule has 0 radical (unpaired) electrons. The van der Waals surface area contributed by atoms with E-state index in [-0.39, 0.29) is 12.5 Å². The Balaban J connectivity index is 1.86. The van der Waals surface area contributed by atoms with E-state index in [9.17, 15) is 4.79 Å². The molecule has 1 aliphatic rings. The van der Waals surface area contributed by atoms with Crippen LogP contribution in [0, 0.1) is 0 Å². The first kappa shape index (κ1) is 18.7. The summed E-state index contributed by atoms with van der Waals surface area (Å²) < 4.78 is 11.3. The van der Waals surface area contributed by atoms with Gasteiger partial charge in [0.15, 0.2) is 0 Å². The number of carbonyl (C=O) groups is 1. The van der Waals surface area contributed by atoms with E-state index in [1.807, 2.05) is 6.07 Å². The fourth-order valence-corrected chi connectivity index (χ4v) is 3.26. The molecular weight excluding hydrogens is 374 g/mol. The molecule has 0 aromatic heterocycles. The van der Waals surface area contributed by atoms with Gasteiger partial charge >= 0.3 is 0 Å². The summed E-state index contributed by atoms with van der Waals surface area (Å²) in [6.45, 7) is 0.283. The van der Waals surface area contributed by atoms with Crippen molar-refractivity contribution in [2.24, 2.45) is 5.10 Å². The molecule has 132 valence electrons. The molecule has 1 aromatic rings. The third-order valence-corrected chi connectivity index (χ3v) is 4.67. The SMILES string of the molecule is COc1cc(OC)c(/C=N\NC(=O)CNC2CCCCC2)cc1Br. The summed E-state index contributed by atoms with van der Waals surface area (Å²) in [6, 6.07) is 4.04. The zero-order chi connectivity index (χ0) is 17.4. The second-order valence-electron chi connectivity index (χ2n) is 5.74. The predicted octanol–water partition coefficient (Wildman–Crippen LogP) is 2.84. The fraction of sp³-hybridized carbons (Fsp3) is 0.529. The van der Waals surface area contributed by atoms with Crippen LogP contribution in [-0.4, -0.2) is 38.9 Å². The van der Waals surface area contributed by atoms with Crippen molar-refractivity contribution in [2.45, 2.75) is 38.1 Å². The molecular formula is C17H24BrN3O3. The topological polar surface area (TPSA) is 72.0 Å². The van der Waals surface area contributed by atoms with Crippen LogP contribution in [0.2, 0.25) is 0 Å². The zero-order valence-electron chi connectivity index (χ0n) is 14.1.